The zero-order valence-corrected chi connectivity index (χ0v) is 14.1. The van der Waals surface area contributed by atoms with Gasteiger partial charge in [0, 0.05) is 7.11 Å². The van der Waals surface area contributed by atoms with Gasteiger partial charge in [0.2, 0.25) is 0 Å². The van der Waals surface area contributed by atoms with Crippen molar-refractivity contribution in [3.8, 4) is 0 Å². The summed E-state index contributed by atoms with van der Waals surface area (Å²) in [5.74, 6) is 0. The molecule has 5 nitrogen and oxygen atoms in total. The Bertz CT molecular complexity index is 662. The summed E-state index contributed by atoms with van der Waals surface area (Å²) in [7, 11) is 1.61. The van der Waals surface area contributed by atoms with E-state index < -0.39 is 6.29 Å². The monoisotopic (exact) mass is 342 g/mol. The fourth-order valence-corrected chi connectivity index (χ4v) is 3.09. The molecule has 2 aliphatic rings. The molecule has 0 amide bonds. The molecule has 132 valence electrons. The topological polar surface area (TPSA) is 49.5 Å². The third kappa shape index (κ3) is 3.92. The molecule has 2 aliphatic heterocycles. The third-order valence-corrected chi connectivity index (χ3v) is 4.47. The Morgan fingerprint density at radius 3 is 1.88 bits per heavy atom. The molecule has 2 saturated heterocycles. The van der Waals surface area contributed by atoms with Crippen LogP contribution in [0.25, 0.3) is 0 Å². The summed E-state index contributed by atoms with van der Waals surface area (Å²) in [6.07, 6.45) is -1.45. The van der Waals surface area contributed by atoms with Crippen LogP contribution >= 0.6 is 0 Å². The second-order valence-corrected chi connectivity index (χ2v) is 6.23. The second-order valence-electron chi connectivity index (χ2n) is 6.23. The number of benzene rings is 2. The Balaban J connectivity index is 1.43. The molecule has 0 aliphatic carbocycles. The summed E-state index contributed by atoms with van der Waals surface area (Å²) < 4.78 is 29.1. The Hall–Kier alpha value is -1.76. The largest absolute Gasteiger partial charge is 0.368 e. The van der Waals surface area contributed by atoms with Crippen molar-refractivity contribution in [3.63, 3.8) is 0 Å². The van der Waals surface area contributed by atoms with Crippen molar-refractivity contribution < 1.29 is 23.7 Å². The van der Waals surface area contributed by atoms with Gasteiger partial charge in [-0.25, -0.2) is 0 Å². The minimum Gasteiger partial charge on any atom is -0.368 e. The molecule has 2 fully saturated rings. The maximum Gasteiger partial charge on any atom is 0.190 e. The normalized spacial score (nSPS) is 30.7. The Morgan fingerprint density at radius 2 is 1.32 bits per heavy atom. The van der Waals surface area contributed by atoms with Gasteiger partial charge in [-0.2, -0.15) is 0 Å². The fourth-order valence-electron chi connectivity index (χ4n) is 3.09. The highest BCUT2D eigenvalue weighted by Gasteiger charge is 2.58. The molecule has 0 saturated carbocycles. The van der Waals surface area contributed by atoms with Crippen molar-refractivity contribution in [1.82, 2.24) is 0 Å². The van der Waals surface area contributed by atoms with E-state index in [2.05, 4.69) is 0 Å². The number of fused-ring (bicyclic) bond motifs is 1. The molecule has 2 aromatic rings. The van der Waals surface area contributed by atoms with Crippen molar-refractivity contribution in [2.45, 2.75) is 44.1 Å². The Labute approximate surface area is 147 Å². The number of hydrogen-bond acceptors (Lipinski definition) is 5. The van der Waals surface area contributed by atoms with Gasteiger partial charge < -0.3 is 23.7 Å². The van der Waals surface area contributed by atoms with Crippen LogP contribution in [-0.4, -0.2) is 38.0 Å². The van der Waals surface area contributed by atoms with Crippen LogP contribution in [0.3, 0.4) is 0 Å². The van der Waals surface area contributed by atoms with Crippen LogP contribution in [0.15, 0.2) is 60.7 Å². The second kappa shape index (κ2) is 7.64. The Kier molecular flexibility index (Phi) is 5.10. The van der Waals surface area contributed by atoms with E-state index in [0.29, 0.717) is 13.2 Å². The van der Waals surface area contributed by atoms with Gasteiger partial charge in [0.25, 0.3) is 0 Å². The third-order valence-electron chi connectivity index (χ3n) is 4.47. The minimum absolute atomic E-state index is 0.101. The molecule has 0 aromatic heterocycles. The summed E-state index contributed by atoms with van der Waals surface area (Å²) >= 11 is 0. The lowest BCUT2D eigenvalue weighted by Gasteiger charge is -2.34. The molecule has 0 N–H and O–H groups in total. The summed E-state index contributed by atoms with van der Waals surface area (Å²) in [5, 5.41) is 0. The molecule has 0 spiro atoms. The lowest BCUT2D eigenvalue weighted by Crippen LogP contribution is -2.51. The van der Waals surface area contributed by atoms with E-state index in [9.17, 15) is 0 Å². The van der Waals surface area contributed by atoms with Gasteiger partial charge in [-0.1, -0.05) is 60.7 Å². The molecule has 5 atom stereocenters. The number of rotatable bonds is 7. The number of methoxy groups -OCH3 is 1. The van der Waals surface area contributed by atoms with Crippen LogP contribution in [0.1, 0.15) is 11.1 Å². The van der Waals surface area contributed by atoms with Gasteiger partial charge in [-0.05, 0) is 11.1 Å². The average Bonchev–Trinajstić information content (AvgIpc) is 3.45. The molecule has 0 bridgehead atoms. The van der Waals surface area contributed by atoms with E-state index in [0.717, 1.165) is 11.1 Å². The smallest absolute Gasteiger partial charge is 0.190 e. The zero-order valence-electron chi connectivity index (χ0n) is 14.1. The average molecular weight is 342 g/mol. The lowest BCUT2D eigenvalue weighted by molar-refractivity contribution is -0.256. The van der Waals surface area contributed by atoms with Crippen molar-refractivity contribution >= 4 is 0 Å². The molecule has 0 radical (unpaired) electrons. The van der Waals surface area contributed by atoms with E-state index in [-0.39, 0.29) is 24.6 Å². The van der Waals surface area contributed by atoms with E-state index in [1.807, 2.05) is 60.7 Å². The lowest BCUT2D eigenvalue weighted by atomic mass is 10.1. The van der Waals surface area contributed by atoms with Gasteiger partial charge in [-0.3, -0.25) is 0 Å². The van der Waals surface area contributed by atoms with Gasteiger partial charge in [0.05, 0.1) is 13.2 Å². The van der Waals surface area contributed by atoms with Crippen LogP contribution in [0.2, 0.25) is 0 Å². The van der Waals surface area contributed by atoms with E-state index in [4.69, 9.17) is 23.7 Å². The summed E-state index contributed by atoms with van der Waals surface area (Å²) in [4.78, 5) is 0. The molecular formula is C20H22O5. The predicted octanol–water partition coefficient (Wildman–Crippen LogP) is 2.88. The minimum atomic E-state index is -0.506. The van der Waals surface area contributed by atoms with E-state index >= 15 is 0 Å². The van der Waals surface area contributed by atoms with E-state index in [1.54, 1.807) is 7.11 Å². The van der Waals surface area contributed by atoms with Crippen molar-refractivity contribution in [1.29, 1.82) is 0 Å². The maximum atomic E-state index is 6.15. The first-order chi connectivity index (χ1) is 12.3. The first kappa shape index (κ1) is 16.7. The number of hydrogen-bond donors (Lipinski definition) is 0. The first-order valence-electron chi connectivity index (χ1n) is 8.50. The molecule has 0 unspecified atom stereocenters. The van der Waals surface area contributed by atoms with Crippen LogP contribution in [-0.2, 0) is 36.9 Å². The fraction of sp³-hybridized carbons (Fsp3) is 0.400. The van der Waals surface area contributed by atoms with Crippen LogP contribution in [0.4, 0.5) is 0 Å². The van der Waals surface area contributed by atoms with Gasteiger partial charge in [-0.15, -0.1) is 0 Å². The van der Waals surface area contributed by atoms with Crippen molar-refractivity contribution in [3.05, 3.63) is 71.8 Å². The van der Waals surface area contributed by atoms with Crippen LogP contribution in [0, 0.1) is 0 Å². The maximum absolute atomic E-state index is 6.15. The highest BCUT2D eigenvalue weighted by molar-refractivity contribution is 5.14. The Morgan fingerprint density at radius 1 is 0.760 bits per heavy atom. The summed E-state index contributed by atoms with van der Waals surface area (Å²) in [6, 6.07) is 20.1. The van der Waals surface area contributed by atoms with E-state index in [1.165, 1.54) is 0 Å². The molecule has 2 heterocycles. The van der Waals surface area contributed by atoms with Gasteiger partial charge in [0.1, 0.15) is 18.3 Å². The predicted molar refractivity (Wildman–Crippen MR) is 90.6 cm³/mol. The zero-order chi connectivity index (χ0) is 17.1. The van der Waals surface area contributed by atoms with Crippen molar-refractivity contribution in [2.24, 2.45) is 0 Å². The molecule has 4 rings (SSSR count). The molecular weight excluding hydrogens is 320 g/mol. The standard InChI is InChI=1S/C20H22O5/c1-21-19-17(23-13-15-10-6-3-7-11-15)16(18-20(24-18)25-19)22-12-14-8-4-2-5-9-14/h2-11,16-20H,12-13H2,1H3/t16-,17+,18+,19-,20-/m1/s1. The SMILES string of the molecule is CO[C@@H]1O[C@H]2O[C@H]2[C@H](OCc2ccccc2)[C@@H]1OCc1ccccc1. The number of epoxide rings is 1. The highest BCUT2D eigenvalue weighted by Crippen LogP contribution is 2.39. The quantitative estimate of drug-likeness (QED) is 0.724. The highest BCUT2D eigenvalue weighted by atomic mass is 16.8. The van der Waals surface area contributed by atoms with Crippen molar-refractivity contribution in [2.75, 3.05) is 7.11 Å². The number of ether oxygens (including phenoxy) is 5. The molecule has 25 heavy (non-hydrogen) atoms. The summed E-state index contributed by atoms with van der Waals surface area (Å²) in [6.45, 7) is 0.969. The van der Waals surface area contributed by atoms with Crippen LogP contribution in [0.5, 0.6) is 0 Å². The first-order valence-corrected chi connectivity index (χ1v) is 8.50. The molecule has 2 aromatic carbocycles. The van der Waals surface area contributed by atoms with Crippen LogP contribution < -0.4 is 0 Å². The van der Waals surface area contributed by atoms with Gasteiger partial charge >= 0.3 is 0 Å². The summed E-state index contributed by atoms with van der Waals surface area (Å²) in [5.41, 5.74) is 2.21. The van der Waals surface area contributed by atoms with Gasteiger partial charge in [0.15, 0.2) is 12.6 Å². The molecule has 5 heteroatoms.